The molecule has 2 rings (SSSR count). The summed E-state index contributed by atoms with van der Waals surface area (Å²) in [6.45, 7) is 0.342. The molecule has 1 aromatic carbocycles. The summed E-state index contributed by atoms with van der Waals surface area (Å²) in [5.74, 6) is 0.211. The second-order valence-corrected chi connectivity index (χ2v) is 7.96. The fourth-order valence-corrected chi connectivity index (χ4v) is 4.43. The van der Waals surface area contributed by atoms with Gasteiger partial charge in [0, 0.05) is 25.6 Å². The Morgan fingerprint density at radius 2 is 1.88 bits per heavy atom. The van der Waals surface area contributed by atoms with Crippen LogP contribution in [0.1, 0.15) is 19.3 Å². The number of carbonyl (C=O) groups excluding carboxylic acids is 1. The molecule has 136 valence electrons. The molecular weight excluding hydrogens is 397 g/mol. The standard InChI is InChI=1S/C14H19Cl2N3O3S.ClH/c15-10-2-1-3-11(16)14(10)23(21,22)18-7-6-13(20)19-12(8-17)9-4-5-9;/h1-3,9,12,18H,4-8,17H2,(H,19,20);1H. The van der Waals surface area contributed by atoms with E-state index in [9.17, 15) is 13.2 Å². The van der Waals surface area contributed by atoms with Gasteiger partial charge in [0.2, 0.25) is 15.9 Å². The second kappa shape index (κ2) is 9.22. The number of nitrogens with one attached hydrogen (secondary N) is 2. The molecule has 1 aliphatic rings. The fourth-order valence-electron chi connectivity index (χ4n) is 2.26. The van der Waals surface area contributed by atoms with Gasteiger partial charge in [-0.3, -0.25) is 4.79 Å². The summed E-state index contributed by atoms with van der Waals surface area (Å²) < 4.78 is 26.8. The Hall–Kier alpha value is -0.570. The van der Waals surface area contributed by atoms with E-state index in [0.29, 0.717) is 12.5 Å². The van der Waals surface area contributed by atoms with Crippen LogP contribution in [0.3, 0.4) is 0 Å². The maximum absolute atomic E-state index is 12.2. The van der Waals surface area contributed by atoms with Gasteiger partial charge in [0.1, 0.15) is 4.90 Å². The highest BCUT2D eigenvalue weighted by Gasteiger charge is 2.31. The van der Waals surface area contributed by atoms with Crippen molar-refractivity contribution in [3.8, 4) is 0 Å². The number of hydrogen-bond donors (Lipinski definition) is 3. The average Bonchev–Trinajstić information content (AvgIpc) is 3.28. The molecule has 0 aromatic heterocycles. The Morgan fingerprint density at radius 3 is 2.38 bits per heavy atom. The lowest BCUT2D eigenvalue weighted by atomic mass is 10.2. The molecule has 0 bridgehead atoms. The van der Waals surface area contributed by atoms with Gasteiger partial charge in [0.15, 0.2) is 0 Å². The maximum Gasteiger partial charge on any atom is 0.243 e. The van der Waals surface area contributed by atoms with Gasteiger partial charge in [-0.25, -0.2) is 13.1 Å². The zero-order valence-electron chi connectivity index (χ0n) is 12.8. The zero-order valence-corrected chi connectivity index (χ0v) is 15.9. The van der Waals surface area contributed by atoms with E-state index in [0.717, 1.165) is 12.8 Å². The third-order valence-electron chi connectivity index (χ3n) is 3.62. The number of benzene rings is 1. The van der Waals surface area contributed by atoms with E-state index in [-0.39, 0.29) is 52.3 Å². The number of carbonyl (C=O) groups is 1. The Morgan fingerprint density at radius 1 is 1.29 bits per heavy atom. The first-order valence-electron chi connectivity index (χ1n) is 7.28. The largest absolute Gasteiger partial charge is 0.352 e. The van der Waals surface area contributed by atoms with Gasteiger partial charge in [0.05, 0.1) is 10.0 Å². The van der Waals surface area contributed by atoms with E-state index in [1.54, 1.807) is 6.07 Å². The molecule has 6 nitrogen and oxygen atoms in total. The molecule has 1 amide bonds. The lowest BCUT2D eigenvalue weighted by Gasteiger charge is -2.16. The predicted molar refractivity (Wildman–Crippen MR) is 97.2 cm³/mol. The molecule has 1 unspecified atom stereocenters. The van der Waals surface area contributed by atoms with E-state index in [1.807, 2.05) is 0 Å². The molecule has 1 fully saturated rings. The average molecular weight is 417 g/mol. The number of amides is 1. The van der Waals surface area contributed by atoms with Gasteiger partial charge in [-0.15, -0.1) is 12.4 Å². The first kappa shape index (κ1) is 21.5. The zero-order chi connectivity index (χ0) is 17.0. The molecule has 1 aromatic rings. The smallest absolute Gasteiger partial charge is 0.243 e. The third kappa shape index (κ3) is 5.75. The molecule has 0 heterocycles. The minimum Gasteiger partial charge on any atom is -0.352 e. The topological polar surface area (TPSA) is 101 Å². The first-order chi connectivity index (χ1) is 10.8. The number of hydrogen-bond acceptors (Lipinski definition) is 4. The highest BCUT2D eigenvalue weighted by atomic mass is 35.5. The van der Waals surface area contributed by atoms with E-state index in [2.05, 4.69) is 10.0 Å². The summed E-state index contributed by atoms with van der Waals surface area (Å²) in [6.07, 6.45) is 2.16. The molecule has 0 spiro atoms. The minimum atomic E-state index is -3.87. The summed E-state index contributed by atoms with van der Waals surface area (Å²) >= 11 is 11.8. The number of nitrogens with two attached hydrogens (primary N) is 1. The Labute approximate surface area is 157 Å². The Kier molecular flexibility index (Phi) is 8.25. The van der Waals surface area contributed by atoms with Gasteiger partial charge in [-0.05, 0) is 30.9 Å². The van der Waals surface area contributed by atoms with Gasteiger partial charge in [-0.1, -0.05) is 29.3 Å². The van der Waals surface area contributed by atoms with E-state index >= 15 is 0 Å². The van der Waals surface area contributed by atoms with Crippen LogP contribution in [-0.2, 0) is 14.8 Å². The van der Waals surface area contributed by atoms with Gasteiger partial charge in [0.25, 0.3) is 0 Å². The number of rotatable bonds is 8. The second-order valence-electron chi connectivity index (χ2n) is 5.45. The fraction of sp³-hybridized carbons (Fsp3) is 0.500. The molecule has 24 heavy (non-hydrogen) atoms. The monoisotopic (exact) mass is 415 g/mol. The van der Waals surface area contributed by atoms with Crippen LogP contribution in [0, 0.1) is 5.92 Å². The van der Waals surface area contributed by atoms with Gasteiger partial charge < -0.3 is 11.1 Å². The van der Waals surface area contributed by atoms with Crippen molar-refractivity contribution in [1.29, 1.82) is 0 Å². The Balaban J connectivity index is 0.00000288. The summed E-state index contributed by atoms with van der Waals surface area (Å²) in [5, 5.41) is 2.89. The van der Waals surface area contributed by atoms with E-state index < -0.39 is 10.0 Å². The number of sulfonamides is 1. The quantitative estimate of drug-likeness (QED) is 0.602. The lowest BCUT2D eigenvalue weighted by Crippen LogP contribution is -2.42. The van der Waals surface area contributed by atoms with Gasteiger partial charge in [-0.2, -0.15) is 0 Å². The summed E-state index contributed by atoms with van der Waals surface area (Å²) in [7, 11) is -3.87. The first-order valence-corrected chi connectivity index (χ1v) is 9.52. The van der Waals surface area contributed by atoms with E-state index in [1.165, 1.54) is 12.1 Å². The van der Waals surface area contributed by atoms with E-state index in [4.69, 9.17) is 28.9 Å². The number of halogens is 3. The SMILES string of the molecule is Cl.NCC(NC(=O)CCNS(=O)(=O)c1c(Cl)cccc1Cl)C1CC1. The van der Waals surface area contributed by atoms with Crippen molar-refractivity contribution < 1.29 is 13.2 Å². The van der Waals surface area contributed by atoms with Crippen LogP contribution < -0.4 is 15.8 Å². The van der Waals surface area contributed by atoms with Crippen LogP contribution in [-0.4, -0.2) is 33.5 Å². The summed E-state index contributed by atoms with van der Waals surface area (Å²) in [4.78, 5) is 11.7. The minimum absolute atomic E-state index is 0. The van der Waals surface area contributed by atoms with Crippen molar-refractivity contribution in [3.05, 3.63) is 28.2 Å². The highest BCUT2D eigenvalue weighted by Crippen LogP contribution is 2.32. The maximum atomic E-state index is 12.2. The third-order valence-corrected chi connectivity index (χ3v) is 6.04. The molecule has 1 atom stereocenters. The molecule has 10 heteroatoms. The summed E-state index contributed by atoms with van der Waals surface area (Å²) in [6, 6.07) is 4.41. The van der Waals surface area contributed by atoms with Crippen molar-refractivity contribution in [2.75, 3.05) is 13.1 Å². The van der Waals surface area contributed by atoms with Crippen molar-refractivity contribution in [2.45, 2.75) is 30.2 Å². The normalized spacial score (nSPS) is 15.5. The van der Waals surface area contributed by atoms with Crippen LogP contribution in [0.5, 0.6) is 0 Å². The molecule has 4 N–H and O–H groups in total. The van der Waals surface area contributed by atoms with Crippen molar-refractivity contribution >= 4 is 51.5 Å². The molecule has 0 saturated heterocycles. The molecule has 1 aliphatic carbocycles. The molecular formula is C14H20Cl3N3O3S. The van der Waals surface area contributed by atoms with Crippen molar-refractivity contribution in [2.24, 2.45) is 11.7 Å². The van der Waals surface area contributed by atoms with Gasteiger partial charge >= 0.3 is 0 Å². The van der Waals surface area contributed by atoms with Crippen LogP contribution in [0.2, 0.25) is 10.0 Å². The summed E-state index contributed by atoms with van der Waals surface area (Å²) in [5.41, 5.74) is 5.61. The molecule has 1 saturated carbocycles. The Bertz CT molecular complexity index is 661. The van der Waals surface area contributed by atoms with Crippen LogP contribution >= 0.6 is 35.6 Å². The molecule has 0 radical (unpaired) electrons. The lowest BCUT2D eigenvalue weighted by molar-refractivity contribution is -0.121. The highest BCUT2D eigenvalue weighted by molar-refractivity contribution is 7.89. The van der Waals surface area contributed by atoms with Crippen LogP contribution in [0.4, 0.5) is 0 Å². The van der Waals surface area contributed by atoms with Crippen LogP contribution in [0.25, 0.3) is 0 Å². The molecule has 0 aliphatic heterocycles. The van der Waals surface area contributed by atoms with Crippen molar-refractivity contribution in [3.63, 3.8) is 0 Å². The van der Waals surface area contributed by atoms with Crippen LogP contribution in [0.15, 0.2) is 23.1 Å². The predicted octanol–water partition coefficient (Wildman–Crippen LogP) is 1.94. The van der Waals surface area contributed by atoms with Crippen molar-refractivity contribution in [1.82, 2.24) is 10.0 Å².